The van der Waals surface area contributed by atoms with Crippen molar-refractivity contribution in [3.8, 4) is 0 Å². The van der Waals surface area contributed by atoms with Crippen LogP contribution < -0.4 is 5.32 Å². The predicted octanol–water partition coefficient (Wildman–Crippen LogP) is 1.99. The van der Waals surface area contributed by atoms with Gasteiger partial charge < -0.3 is 5.11 Å². The molecule has 1 amide bonds. The van der Waals surface area contributed by atoms with Gasteiger partial charge in [-0.25, -0.2) is 14.8 Å². The molecule has 2 rings (SSSR count). The number of aromatic nitrogens is 2. The number of anilines is 1. The van der Waals surface area contributed by atoms with Crippen LogP contribution in [0, 0.1) is 5.92 Å². The van der Waals surface area contributed by atoms with Gasteiger partial charge in [-0.2, -0.15) is 0 Å². The standard InChI is InChI=1S/C10H11N3O2/c14-10(15)13-9-5-8(11-6-12-9)4-3-7-1-2-7/h3-7H,1-2H2,(H,14,15)(H,11,12,13). The lowest BCUT2D eigenvalue weighted by Gasteiger charge is -1.99. The SMILES string of the molecule is O=C(O)Nc1cc(C=CC2CC2)ncn1. The van der Waals surface area contributed by atoms with Gasteiger partial charge in [-0.1, -0.05) is 6.08 Å². The van der Waals surface area contributed by atoms with Crippen molar-refractivity contribution in [1.29, 1.82) is 0 Å². The molecule has 1 aliphatic carbocycles. The Bertz CT molecular complexity index is 399. The van der Waals surface area contributed by atoms with Crippen LogP contribution in [0.25, 0.3) is 6.08 Å². The Balaban J connectivity index is 2.07. The Morgan fingerprint density at radius 1 is 1.53 bits per heavy atom. The molecule has 0 radical (unpaired) electrons. The van der Waals surface area contributed by atoms with Gasteiger partial charge in [-0.15, -0.1) is 0 Å². The topological polar surface area (TPSA) is 75.1 Å². The van der Waals surface area contributed by atoms with Crippen LogP contribution in [0.5, 0.6) is 0 Å². The summed E-state index contributed by atoms with van der Waals surface area (Å²) in [5, 5.41) is 10.7. The van der Waals surface area contributed by atoms with Crippen molar-refractivity contribution in [3.63, 3.8) is 0 Å². The molecule has 1 fully saturated rings. The highest BCUT2D eigenvalue weighted by molar-refractivity contribution is 5.81. The molecule has 0 spiro atoms. The number of carbonyl (C=O) groups is 1. The van der Waals surface area contributed by atoms with Gasteiger partial charge in [-0.05, 0) is 24.8 Å². The summed E-state index contributed by atoms with van der Waals surface area (Å²) >= 11 is 0. The van der Waals surface area contributed by atoms with Crippen molar-refractivity contribution in [1.82, 2.24) is 9.97 Å². The third-order valence-electron chi connectivity index (χ3n) is 2.08. The minimum absolute atomic E-state index is 0.299. The highest BCUT2D eigenvalue weighted by atomic mass is 16.4. The summed E-state index contributed by atoms with van der Waals surface area (Å²) in [6.07, 6.45) is 6.69. The molecule has 1 aromatic rings. The molecule has 5 nitrogen and oxygen atoms in total. The maximum atomic E-state index is 10.4. The van der Waals surface area contributed by atoms with E-state index < -0.39 is 6.09 Å². The van der Waals surface area contributed by atoms with Crippen LogP contribution in [0.1, 0.15) is 18.5 Å². The third kappa shape index (κ3) is 3.05. The molecule has 0 bridgehead atoms. The van der Waals surface area contributed by atoms with Gasteiger partial charge in [0.05, 0.1) is 5.69 Å². The number of carboxylic acid groups (broad SMARTS) is 1. The molecule has 78 valence electrons. The molecular formula is C10H11N3O2. The summed E-state index contributed by atoms with van der Waals surface area (Å²) in [5.41, 5.74) is 0.723. The van der Waals surface area contributed by atoms with E-state index in [1.807, 2.05) is 6.08 Å². The summed E-state index contributed by atoms with van der Waals surface area (Å²) < 4.78 is 0. The zero-order valence-corrected chi connectivity index (χ0v) is 8.05. The van der Waals surface area contributed by atoms with Gasteiger partial charge in [0.2, 0.25) is 0 Å². The van der Waals surface area contributed by atoms with Crippen LogP contribution in [0.15, 0.2) is 18.5 Å². The van der Waals surface area contributed by atoms with Crippen molar-refractivity contribution in [3.05, 3.63) is 24.2 Å². The van der Waals surface area contributed by atoms with Crippen LogP contribution in [-0.4, -0.2) is 21.2 Å². The van der Waals surface area contributed by atoms with Crippen molar-refractivity contribution < 1.29 is 9.90 Å². The molecule has 1 heterocycles. The van der Waals surface area contributed by atoms with E-state index in [2.05, 4.69) is 21.4 Å². The number of nitrogens with zero attached hydrogens (tertiary/aromatic N) is 2. The second-order valence-electron chi connectivity index (χ2n) is 3.45. The van der Waals surface area contributed by atoms with E-state index >= 15 is 0 Å². The Morgan fingerprint density at radius 2 is 2.33 bits per heavy atom. The Hall–Kier alpha value is -1.91. The largest absolute Gasteiger partial charge is 0.465 e. The molecule has 2 N–H and O–H groups in total. The van der Waals surface area contributed by atoms with Crippen molar-refractivity contribution in [2.75, 3.05) is 5.32 Å². The van der Waals surface area contributed by atoms with Gasteiger partial charge >= 0.3 is 6.09 Å². The van der Waals surface area contributed by atoms with E-state index in [1.165, 1.54) is 19.2 Å². The van der Waals surface area contributed by atoms with Crippen molar-refractivity contribution >= 4 is 18.0 Å². The summed E-state index contributed by atoms with van der Waals surface area (Å²) in [4.78, 5) is 18.2. The van der Waals surface area contributed by atoms with Crippen LogP contribution in [0.2, 0.25) is 0 Å². The molecule has 1 saturated carbocycles. The predicted molar refractivity (Wildman–Crippen MR) is 55.4 cm³/mol. The van der Waals surface area contributed by atoms with E-state index in [0.29, 0.717) is 11.7 Å². The summed E-state index contributed by atoms with van der Waals surface area (Å²) in [7, 11) is 0. The lowest BCUT2D eigenvalue weighted by molar-refractivity contribution is 0.209. The molecular weight excluding hydrogens is 194 g/mol. The number of hydrogen-bond acceptors (Lipinski definition) is 3. The van der Waals surface area contributed by atoms with E-state index in [9.17, 15) is 4.79 Å². The number of amides is 1. The van der Waals surface area contributed by atoms with E-state index in [0.717, 1.165) is 5.69 Å². The normalized spacial score (nSPS) is 15.5. The number of allylic oxidation sites excluding steroid dienone is 1. The number of nitrogens with one attached hydrogen (secondary N) is 1. The van der Waals surface area contributed by atoms with Crippen molar-refractivity contribution in [2.45, 2.75) is 12.8 Å². The summed E-state index contributed by atoms with van der Waals surface area (Å²) in [5.74, 6) is 0.976. The van der Waals surface area contributed by atoms with Crippen LogP contribution >= 0.6 is 0 Å². The molecule has 1 aliphatic rings. The fourth-order valence-electron chi connectivity index (χ4n) is 1.16. The molecule has 0 aliphatic heterocycles. The fourth-order valence-corrected chi connectivity index (χ4v) is 1.16. The van der Waals surface area contributed by atoms with Crippen LogP contribution in [0.3, 0.4) is 0 Å². The van der Waals surface area contributed by atoms with E-state index in [1.54, 1.807) is 6.07 Å². The third-order valence-corrected chi connectivity index (χ3v) is 2.08. The molecule has 0 saturated heterocycles. The average molecular weight is 205 g/mol. The van der Waals surface area contributed by atoms with Gasteiger partial charge in [0.15, 0.2) is 0 Å². The van der Waals surface area contributed by atoms with E-state index in [4.69, 9.17) is 5.11 Å². The first-order valence-corrected chi connectivity index (χ1v) is 4.74. The maximum Gasteiger partial charge on any atom is 0.410 e. The number of hydrogen-bond donors (Lipinski definition) is 2. The van der Waals surface area contributed by atoms with Gasteiger partial charge in [-0.3, -0.25) is 5.32 Å². The van der Waals surface area contributed by atoms with Gasteiger partial charge in [0.1, 0.15) is 12.1 Å². The lowest BCUT2D eigenvalue weighted by atomic mass is 10.3. The van der Waals surface area contributed by atoms with Crippen LogP contribution in [0.4, 0.5) is 10.6 Å². The Labute approximate surface area is 86.9 Å². The highest BCUT2D eigenvalue weighted by Gasteiger charge is 2.17. The lowest BCUT2D eigenvalue weighted by Crippen LogP contribution is -2.08. The minimum Gasteiger partial charge on any atom is -0.465 e. The first-order valence-electron chi connectivity index (χ1n) is 4.74. The molecule has 5 heteroatoms. The van der Waals surface area contributed by atoms with Crippen LogP contribution in [-0.2, 0) is 0 Å². The highest BCUT2D eigenvalue weighted by Crippen LogP contribution is 2.30. The first kappa shape index (κ1) is 9.64. The molecule has 0 aromatic carbocycles. The monoisotopic (exact) mass is 205 g/mol. The molecule has 0 unspecified atom stereocenters. The first-order chi connectivity index (χ1) is 7.24. The van der Waals surface area contributed by atoms with Crippen molar-refractivity contribution in [2.24, 2.45) is 5.92 Å². The van der Waals surface area contributed by atoms with Gasteiger partial charge in [0.25, 0.3) is 0 Å². The Morgan fingerprint density at radius 3 is 3.00 bits per heavy atom. The van der Waals surface area contributed by atoms with Gasteiger partial charge in [0, 0.05) is 6.07 Å². The second kappa shape index (κ2) is 4.08. The minimum atomic E-state index is -1.12. The quantitative estimate of drug-likeness (QED) is 0.791. The smallest absolute Gasteiger partial charge is 0.410 e. The zero-order chi connectivity index (χ0) is 10.7. The zero-order valence-electron chi connectivity index (χ0n) is 8.05. The molecule has 0 atom stereocenters. The number of rotatable bonds is 3. The van der Waals surface area contributed by atoms with E-state index in [-0.39, 0.29) is 0 Å². The Kier molecular flexibility index (Phi) is 2.62. The summed E-state index contributed by atoms with van der Waals surface area (Å²) in [6, 6.07) is 1.60. The average Bonchev–Trinajstić information content (AvgIpc) is 2.97. The molecule has 1 aromatic heterocycles. The second-order valence-corrected chi connectivity index (χ2v) is 3.45. The fraction of sp³-hybridized carbons (Fsp3) is 0.300. The summed E-state index contributed by atoms with van der Waals surface area (Å²) in [6.45, 7) is 0. The maximum absolute atomic E-state index is 10.4. The molecule has 15 heavy (non-hydrogen) atoms.